The van der Waals surface area contributed by atoms with Crippen molar-refractivity contribution in [1.29, 1.82) is 0 Å². The molecule has 0 aliphatic carbocycles. The summed E-state index contributed by atoms with van der Waals surface area (Å²) >= 11 is 1.66. The van der Waals surface area contributed by atoms with E-state index in [1.165, 1.54) is 4.88 Å². The molecular weight excluding hydrogens is 160 g/mol. The highest BCUT2D eigenvalue weighted by molar-refractivity contribution is 7.09. The third-order valence-corrected chi connectivity index (χ3v) is 2.32. The summed E-state index contributed by atoms with van der Waals surface area (Å²) in [5.74, 6) is -0.957. The van der Waals surface area contributed by atoms with Crippen molar-refractivity contribution < 1.29 is 9.90 Å². The molecule has 0 aliphatic rings. The molecule has 0 radical (unpaired) electrons. The summed E-state index contributed by atoms with van der Waals surface area (Å²) in [6.45, 7) is 0. The van der Waals surface area contributed by atoms with Gasteiger partial charge < -0.3 is 9.90 Å². The van der Waals surface area contributed by atoms with Crippen molar-refractivity contribution in [2.75, 3.05) is 0 Å². The molecule has 0 unspecified atom stereocenters. The molecule has 0 amide bonds. The lowest BCUT2D eigenvalue weighted by molar-refractivity contribution is -0.305. The number of aliphatic carboxylic acids is 1. The van der Waals surface area contributed by atoms with Crippen molar-refractivity contribution >= 4 is 17.3 Å². The van der Waals surface area contributed by atoms with Crippen LogP contribution >= 0.6 is 11.3 Å². The number of hydrogen-bond acceptors (Lipinski definition) is 3. The van der Waals surface area contributed by atoms with Crippen molar-refractivity contribution in [3.8, 4) is 0 Å². The fourth-order valence-corrected chi connectivity index (χ4v) is 1.61. The van der Waals surface area contributed by atoms with Gasteiger partial charge in [0.1, 0.15) is 0 Å². The lowest BCUT2D eigenvalue weighted by Crippen LogP contribution is -2.21. The average molecular weight is 169 g/mol. The molecule has 1 aromatic heterocycles. The van der Waals surface area contributed by atoms with Crippen LogP contribution in [0.5, 0.6) is 0 Å². The molecule has 0 aliphatic heterocycles. The Balaban J connectivity index is 2.19. The van der Waals surface area contributed by atoms with E-state index in [4.69, 9.17) is 0 Å². The lowest BCUT2D eigenvalue weighted by atomic mass is 10.2. The number of hydrogen-bond donors (Lipinski definition) is 0. The smallest absolute Gasteiger partial charge is 0.0414 e. The Morgan fingerprint density at radius 1 is 1.64 bits per heavy atom. The Labute approximate surface area is 69.5 Å². The monoisotopic (exact) mass is 169 g/mol. The molecule has 0 spiro atoms. The van der Waals surface area contributed by atoms with E-state index in [9.17, 15) is 9.90 Å². The minimum absolute atomic E-state index is 0.165. The SMILES string of the molecule is O=C([O-])CCCc1cccs1. The van der Waals surface area contributed by atoms with Crippen LogP contribution in [0.3, 0.4) is 0 Å². The van der Waals surface area contributed by atoms with Crippen LogP contribution in [0, 0.1) is 0 Å². The van der Waals surface area contributed by atoms with Crippen molar-refractivity contribution in [3.63, 3.8) is 0 Å². The highest BCUT2D eigenvalue weighted by Gasteiger charge is 1.93. The number of thiophene rings is 1. The number of carboxylic acids is 1. The molecule has 0 saturated heterocycles. The van der Waals surface area contributed by atoms with Crippen LogP contribution in [0.25, 0.3) is 0 Å². The maximum atomic E-state index is 10.0. The van der Waals surface area contributed by atoms with Gasteiger partial charge in [0, 0.05) is 10.8 Å². The van der Waals surface area contributed by atoms with Gasteiger partial charge >= 0.3 is 0 Å². The highest BCUT2D eigenvalue weighted by atomic mass is 32.1. The zero-order chi connectivity index (χ0) is 8.10. The van der Waals surface area contributed by atoms with Gasteiger partial charge in [0.2, 0.25) is 0 Å². The standard InChI is InChI=1S/C8H10O2S/c9-8(10)5-1-3-7-4-2-6-11-7/h2,4,6H,1,3,5H2,(H,9,10)/p-1. The van der Waals surface area contributed by atoms with Crippen LogP contribution in [0.4, 0.5) is 0 Å². The number of carbonyl (C=O) groups excluding carboxylic acids is 1. The van der Waals surface area contributed by atoms with Gasteiger partial charge in [-0.1, -0.05) is 6.07 Å². The summed E-state index contributed by atoms with van der Waals surface area (Å²) in [4.78, 5) is 11.3. The van der Waals surface area contributed by atoms with E-state index in [1.807, 2.05) is 17.5 Å². The fourth-order valence-electron chi connectivity index (χ4n) is 0.862. The number of aryl methyl sites for hydroxylation is 1. The molecule has 0 N–H and O–H groups in total. The molecule has 1 rings (SSSR count). The largest absolute Gasteiger partial charge is 0.550 e. The van der Waals surface area contributed by atoms with E-state index < -0.39 is 5.97 Å². The second-order valence-corrected chi connectivity index (χ2v) is 3.34. The highest BCUT2D eigenvalue weighted by Crippen LogP contribution is 2.11. The van der Waals surface area contributed by atoms with Crippen LogP contribution in [0.1, 0.15) is 17.7 Å². The molecule has 0 aromatic carbocycles. The van der Waals surface area contributed by atoms with E-state index in [0.717, 1.165) is 6.42 Å². The summed E-state index contributed by atoms with van der Waals surface area (Å²) in [5, 5.41) is 12.0. The van der Waals surface area contributed by atoms with Crippen molar-refractivity contribution in [3.05, 3.63) is 22.4 Å². The summed E-state index contributed by atoms with van der Waals surface area (Å²) in [6.07, 6.45) is 1.70. The maximum Gasteiger partial charge on any atom is 0.0414 e. The topological polar surface area (TPSA) is 40.1 Å². The van der Waals surface area contributed by atoms with Crippen molar-refractivity contribution in [2.45, 2.75) is 19.3 Å². The molecule has 1 heterocycles. The Morgan fingerprint density at radius 2 is 2.45 bits per heavy atom. The first-order chi connectivity index (χ1) is 5.29. The zero-order valence-electron chi connectivity index (χ0n) is 6.08. The van der Waals surface area contributed by atoms with E-state index in [1.54, 1.807) is 11.3 Å². The lowest BCUT2D eigenvalue weighted by Gasteiger charge is -1.98. The Bertz CT molecular complexity index is 216. The summed E-state index contributed by atoms with van der Waals surface area (Å²) in [6, 6.07) is 3.99. The van der Waals surface area contributed by atoms with E-state index in [2.05, 4.69) is 0 Å². The predicted molar refractivity (Wildman–Crippen MR) is 42.3 cm³/mol. The fraction of sp³-hybridized carbons (Fsp3) is 0.375. The van der Waals surface area contributed by atoms with Crippen LogP contribution in [-0.4, -0.2) is 5.97 Å². The Hall–Kier alpha value is -0.830. The molecule has 0 atom stereocenters. The number of carboxylic acid groups (broad SMARTS) is 1. The number of rotatable bonds is 4. The minimum atomic E-state index is -0.957. The quantitative estimate of drug-likeness (QED) is 0.669. The second-order valence-electron chi connectivity index (χ2n) is 2.30. The Kier molecular flexibility index (Phi) is 3.11. The zero-order valence-corrected chi connectivity index (χ0v) is 6.89. The molecule has 2 nitrogen and oxygen atoms in total. The van der Waals surface area contributed by atoms with Gasteiger partial charge in [-0.05, 0) is 30.7 Å². The van der Waals surface area contributed by atoms with Gasteiger partial charge in [-0.2, -0.15) is 0 Å². The first-order valence-corrected chi connectivity index (χ1v) is 4.39. The summed E-state index contributed by atoms with van der Waals surface area (Å²) in [5.41, 5.74) is 0. The van der Waals surface area contributed by atoms with Crippen LogP contribution in [-0.2, 0) is 11.2 Å². The Morgan fingerprint density at radius 3 is 3.00 bits per heavy atom. The molecular formula is C8H9O2S-. The van der Waals surface area contributed by atoms with Crippen LogP contribution < -0.4 is 5.11 Å². The van der Waals surface area contributed by atoms with Gasteiger partial charge in [-0.3, -0.25) is 0 Å². The van der Waals surface area contributed by atoms with Gasteiger partial charge in [-0.25, -0.2) is 0 Å². The maximum absolute atomic E-state index is 10.0. The normalized spacial score (nSPS) is 9.82. The van der Waals surface area contributed by atoms with E-state index >= 15 is 0 Å². The van der Waals surface area contributed by atoms with Crippen LogP contribution in [0.15, 0.2) is 17.5 Å². The number of carbonyl (C=O) groups is 1. The molecule has 60 valence electrons. The third-order valence-electron chi connectivity index (χ3n) is 1.38. The van der Waals surface area contributed by atoms with E-state index in [-0.39, 0.29) is 6.42 Å². The third kappa shape index (κ3) is 3.18. The van der Waals surface area contributed by atoms with Gasteiger partial charge in [0.25, 0.3) is 0 Å². The van der Waals surface area contributed by atoms with Crippen molar-refractivity contribution in [1.82, 2.24) is 0 Å². The van der Waals surface area contributed by atoms with Gasteiger partial charge in [0.05, 0.1) is 0 Å². The molecule has 3 heteroatoms. The average Bonchev–Trinajstić information content (AvgIpc) is 2.39. The second kappa shape index (κ2) is 4.13. The predicted octanol–water partition coefficient (Wildman–Crippen LogP) is 0.821. The van der Waals surface area contributed by atoms with E-state index in [0.29, 0.717) is 6.42 Å². The molecule has 0 saturated carbocycles. The molecule has 1 aromatic rings. The summed E-state index contributed by atoms with van der Waals surface area (Å²) < 4.78 is 0. The van der Waals surface area contributed by atoms with Crippen LogP contribution in [0.2, 0.25) is 0 Å². The van der Waals surface area contributed by atoms with Gasteiger partial charge in [-0.15, -0.1) is 11.3 Å². The van der Waals surface area contributed by atoms with Crippen molar-refractivity contribution in [2.24, 2.45) is 0 Å². The summed E-state index contributed by atoms with van der Waals surface area (Å²) in [7, 11) is 0. The molecule has 0 fully saturated rings. The first-order valence-electron chi connectivity index (χ1n) is 3.51. The molecule has 0 bridgehead atoms. The molecule has 11 heavy (non-hydrogen) atoms. The van der Waals surface area contributed by atoms with Gasteiger partial charge in [0.15, 0.2) is 0 Å². The first kappa shape index (κ1) is 8.27. The minimum Gasteiger partial charge on any atom is -0.550 e.